The standard InChI is InChI=1S/C20H15FN4O2/c21-15-8-4-7-14(9-15)18-17(11-23-25-18)19(26)22-10-16-12-27-20(24-16)13-5-2-1-3-6-13/h1-9,11-12H,10H2,(H,22,26)(H,23,25). The molecule has 2 heterocycles. The molecular weight excluding hydrogens is 347 g/mol. The minimum atomic E-state index is -0.385. The summed E-state index contributed by atoms with van der Waals surface area (Å²) in [5.74, 6) is -0.236. The summed E-state index contributed by atoms with van der Waals surface area (Å²) in [7, 11) is 0. The van der Waals surface area contributed by atoms with Crippen LogP contribution in [-0.2, 0) is 6.54 Å². The highest BCUT2D eigenvalue weighted by molar-refractivity contribution is 5.99. The lowest BCUT2D eigenvalue weighted by atomic mass is 10.1. The van der Waals surface area contributed by atoms with Crippen molar-refractivity contribution in [2.45, 2.75) is 6.54 Å². The number of H-pyrrole nitrogens is 1. The Morgan fingerprint density at radius 1 is 1.11 bits per heavy atom. The van der Waals surface area contributed by atoms with E-state index >= 15 is 0 Å². The number of carbonyl (C=O) groups is 1. The molecule has 0 aliphatic carbocycles. The number of nitrogens with one attached hydrogen (secondary N) is 2. The third-order valence-corrected chi connectivity index (χ3v) is 4.00. The molecule has 0 bridgehead atoms. The van der Waals surface area contributed by atoms with Crippen molar-refractivity contribution in [1.29, 1.82) is 0 Å². The number of rotatable bonds is 5. The zero-order chi connectivity index (χ0) is 18.6. The van der Waals surface area contributed by atoms with Crippen molar-refractivity contribution >= 4 is 5.91 Å². The van der Waals surface area contributed by atoms with E-state index in [1.165, 1.54) is 24.6 Å². The monoisotopic (exact) mass is 362 g/mol. The van der Waals surface area contributed by atoms with Gasteiger partial charge >= 0.3 is 0 Å². The van der Waals surface area contributed by atoms with Crippen molar-refractivity contribution in [3.63, 3.8) is 0 Å². The molecule has 4 rings (SSSR count). The average Bonchev–Trinajstić information content (AvgIpc) is 3.36. The average molecular weight is 362 g/mol. The van der Waals surface area contributed by atoms with Crippen LogP contribution in [0.5, 0.6) is 0 Å². The van der Waals surface area contributed by atoms with Gasteiger partial charge in [0.25, 0.3) is 5.91 Å². The number of amides is 1. The molecule has 2 aromatic carbocycles. The highest BCUT2D eigenvalue weighted by Crippen LogP contribution is 2.22. The first kappa shape index (κ1) is 16.7. The molecule has 0 spiro atoms. The molecule has 7 heteroatoms. The number of benzene rings is 2. The van der Waals surface area contributed by atoms with Gasteiger partial charge in [0.15, 0.2) is 0 Å². The predicted octanol–water partition coefficient (Wildman–Crippen LogP) is 3.80. The number of carbonyl (C=O) groups excluding carboxylic acids is 1. The molecule has 0 saturated heterocycles. The van der Waals surface area contributed by atoms with Crippen LogP contribution in [0.25, 0.3) is 22.7 Å². The molecule has 134 valence electrons. The molecule has 2 aromatic heterocycles. The zero-order valence-electron chi connectivity index (χ0n) is 14.1. The summed E-state index contributed by atoms with van der Waals surface area (Å²) >= 11 is 0. The third-order valence-electron chi connectivity index (χ3n) is 4.00. The fraction of sp³-hybridized carbons (Fsp3) is 0.0500. The molecule has 6 nitrogen and oxygen atoms in total. The van der Waals surface area contributed by atoms with Gasteiger partial charge in [-0.1, -0.05) is 30.3 Å². The van der Waals surface area contributed by atoms with Gasteiger partial charge in [0.1, 0.15) is 12.1 Å². The molecule has 0 radical (unpaired) electrons. The molecular formula is C20H15FN4O2. The predicted molar refractivity (Wildman–Crippen MR) is 97.1 cm³/mol. The largest absolute Gasteiger partial charge is 0.444 e. The number of aromatic nitrogens is 3. The van der Waals surface area contributed by atoms with Crippen LogP contribution in [0.15, 0.2) is 71.5 Å². The summed E-state index contributed by atoms with van der Waals surface area (Å²) in [4.78, 5) is 16.9. The Morgan fingerprint density at radius 3 is 2.74 bits per heavy atom. The topological polar surface area (TPSA) is 83.8 Å². The van der Waals surface area contributed by atoms with E-state index in [0.717, 1.165) is 5.56 Å². The molecule has 27 heavy (non-hydrogen) atoms. The SMILES string of the molecule is O=C(NCc1coc(-c2ccccc2)n1)c1cn[nH]c1-c1cccc(F)c1. The maximum absolute atomic E-state index is 13.5. The van der Waals surface area contributed by atoms with E-state index in [9.17, 15) is 9.18 Å². The molecule has 0 atom stereocenters. The quantitative estimate of drug-likeness (QED) is 0.566. The van der Waals surface area contributed by atoms with Crippen LogP contribution in [-0.4, -0.2) is 21.1 Å². The van der Waals surface area contributed by atoms with Crippen LogP contribution in [0, 0.1) is 5.82 Å². The number of hydrogen-bond donors (Lipinski definition) is 2. The Bertz CT molecular complexity index is 1070. The van der Waals surface area contributed by atoms with E-state index in [2.05, 4.69) is 20.5 Å². The summed E-state index contributed by atoms with van der Waals surface area (Å²) < 4.78 is 18.9. The van der Waals surface area contributed by atoms with Crippen LogP contribution in [0.1, 0.15) is 16.1 Å². The molecule has 0 fully saturated rings. The summed E-state index contributed by atoms with van der Waals surface area (Å²) in [5, 5.41) is 9.42. The van der Waals surface area contributed by atoms with Gasteiger partial charge in [-0.25, -0.2) is 9.37 Å². The second-order valence-electron chi connectivity index (χ2n) is 5.86. The van der Waals surface area contributed by atoms with Gasteiger partial charge in [0.05, 0.1) is 29.7 Å². The van der Waals surface area contributed by atoms with Gasteiger partial charge < -0.3 is 9.73 Å². The Labute approximate surface area is 154 Å². The number of halogens is 1. The smallest absolute Gasteiger partial charge is 0.255 e. The Hall–Kier alpha value is -3.74. The Balaban J connectivity index is 1.47. The summed E-state index contributed by atoms with van der Waals surface area (Å²) in [5.41, 5.74) is 2.78. The Morgan fingerprint density at radius 2 is 1.93 bits per heavy atom. The number of oxazole rings is 1. The van der Waals surface area contributed by atoms with Crippen molar-refractivity contribution in [2.24, 2.45) is 0 Å². The van der Waals surface area contributed by atoms with E-state index in [0.29, 0.717) is 28.4 Å². The summed E-state index contributed by atoms with van der Waals surface area (Å²) in [6.45, 7) is 0.197. The van der Waals surface area contributed by atoms with E-state index in [-0.39, 0.29) is 18.3 Å². The first-order valence-electron chi connectivity index (χ1n) is 8.28. The fourth-order valence-corrected chi connectivity index (χ4v) is 2.69. The molecule has 2 N–H and O–H groups in total. The zero-order valence-corrected chi connectivity index (χ0v) is 14.1. The van der Waals surface area contributed by atoms with Gasteiger partial charge in [0.2, 0.25) is 5.89 Å². The fourth-order valence-electron chi connectivity index (χ4n) is 2.69. The lowest BCUT2D eigenvalue weighted by Crippen LogP contribution is -2.23. The highest BCUT2D eigenvalue weighted by Gasteiger charge is 2.16. The number of hydrogen-bond acceptors (Lipinski definition) is 4. The van der Waals surface area contributed by atoms with Crippen LogP contribution in [0.4, 0.5) is 4.39 Å². The first-order chi connectivity index (χ1) is 13.2. The maximum Gasteiger partial charge on any atom is 0.255 e. The summed E-state index contributed by atoms with van der Waals surface area (Å²) in [6.07, 6.45) is 2.92. The van der Waals surface area contributed by atoms with Crippen molar-refractivity contribution in [3.8, 4) is 22.7 Å². The van der Waals surface area contributed by atoms with E-state index in [1.54, 1.807) is 12.1 Å². The third kappa shape index (κ3) is 3.62. The van der Waals surface area contributed by atoms with Crippen LogP contribution < -0.4 is 5.32 Å². The first-order valence-corrected chi connectivity index (χ1v) is 8.28. The lowest BCUT2D eigenvalue weighted by molar-refractivity contribution is 0.0951. The second kappa shape index (κ2) is 7.25. The maximum atomic E-state index is 13.5. The van der Waals surface area contributed by atoms with E-state index in [1.807, 2.05) is 30.3 Å². The van der Waals surface area contributed by atoms with Crippen LogP contribution >= 0.6 is 0 Å². The van der Waals surface area contributed by atoms with Gasteiger partial charge in [-0.15, -0.1) is 0 Å². The van der Waals surface area contributed by atoms with Gasteiger partial charge in [-0.05, 0) is 24.3 Å². The minimum absolute atomic E-state index is 0.197. The molecule has 0 unspecified atom stereocenters. The van der Waals surface area contributed by atoms with Gasteiger partial charge in [-0.2, -0.15) is 5.10 Å². The molecule has 0 aliphatic heterocycles. The number of nitrogens with zero attached hydrogens (tertiary/aromatic N) is 2. The highest BCUT2D eigenvalue weighted by atomic mass is 19.1. The van der Waals surface area contributed by atoms with E-state index in [4.69, 9.17) is 4.42 Å². The van der Waals surface area contributed by atoms with Gasteiger partial charge in [-0.3, -0.25) is 9.89 Å². The normalized spacial score (nSPS) is 10.7. The van der Waals surface area contributed by atoms with Crippen molar-refractivity contribution in [2.75, 3.05) is 0 Å². The molecule has 0 aliphatic rings. The minimum Gasteiger partial charge on any atom is -0.444 e. The van der Waals surface area contributed by atoms with Crippen LogP contribution in [0.2, 0.25) is 0 Å². The lowest BCUT2D eigenvalue weighted by Gasteiger charge is -2.04. The second-order valence-corrected chi connectivity index (χ2v) is 5.86. The Kier molecular flexibility index (Phi) is 4.49. The van der Waals surface area contributed by atoms with Crippen molar-refractivity contribution in [3.05, 3.63) is 84.1 Å². The summed E-state index contributed by atoms with van der Waals surface area (Å²) in [6, 6.07) is 15.5. The van der Waals surface area contributed by atoms with Gasteiger partial charge in [0, 0.05) is 11.1 Å². The molecule has 1 amide bonds. The van der Waals surface area contributed by atoms with E-state index < -0.39 is 0 Å². The van der Waals surface area contributed by atoms with Crippen molar-refractivity contribution < 1.29 is 13.6 Å². The number of aromatic amines is 1. The van der Waals surface area contributed by atoms with Crippen LogP contribution in [0.3, 0.4) is 0 Å². The molecule has 0 saturated carbocycles. The van der Waals surface area contributed by atoms with Crippen molar-refractivity contribution in [1.82, 2.24) is 20.5 Å². The molecule has 4 aromatic rings.